The Morgan fingerprint density at radius 1 is 1.39 bits per heavy atom. The maximum absolute atomic E-state index is 11.9. The number of carbonyl (C=O) groups excluding carboxylic acids is 1. The van der Waals surface area contributed by atoms with Crippen LogP contribution in [0.25, 0.3) is 10.9 Å². The summed E-state index contributed by atoms with van der Waals surface area (Å²) in [6.07, 6.45) is 0.895. The molecule has 0 radical (unpaired) electrons. The van der Waals surface area contributed by atoms with E-state index in [1.807, 2.05) is 39.8 Å². The van der Waals surface area contributed by atoms with Gasteiger partial charge in [0.25, 0.3) is 0 Å². The summed E-state index contributed by atoms with van der Waals surface area (Å²) >= 11 is 1.31. The van der Waals surface area contributed by atoms with Crippen LogP contribution in [0.1, 0.15) is 37.0 Å². The number of aromatic nitrogens is 1. The molecule has 0 aliphatic carbocycles. The zero-order valence-corrected chi connectivity index (χ0v) is 14.8. The minimum Gasteiger partial charge on any atom is -0.353 e. The average Bonchev–Trinajstić information content (AvgIpc) is 2.51. The van der Waals surface area contributed by atoms with Crippen molar-refractivity contribution in [2.75, 3.05) is 5.75 Å². The summed E-state index contributed by atoms with van der Waals surface area (Å²) in [7, 11) is 0. The largest absolute Gasteiger partial charge is 0.353 e. The van der Waals surface area contributed by atoms with Gasteiger partial charge in [-0.3, -0.25) is 4.79 Å². The molecule has 0 bridgehead atoms. The fourth-order valence-electron chi connectivity index (χ4n) is 2.38. The molecule has 120 valence electrons. The van der Waals surface area contributed by atoms with Crippen molar-refractivity contribution in [3.05, 3.63) is 34.9 Å². The van der Waals surface area contributed by atoms with Gasteiger partial charge >= 0.3 is 0 Å². The first kappa shape index (κ1) is 17.3. The number of fused-ring (bicyclic) bond motifs is 1. The van der Waals surface area contributed by atoms with Crippen molar-refractivity contribution in [3.8, 4) is 6.07 Å². The Morgan fingerprint density at radius 3 is 2.78 bits per heavy atom. The van der Waals surface area contributed by atoms with Crippen LogP contribution in [0.15, 0.2) is 23.2 Å². The van der Waals surface area contributed by atoms with Gasteiger partial charge in [0.2, 0.25) is 5.91 Å². The lowest BCUT2D eigenvalue weighted by Crippen LogP contribution is -2.33. The van der Waals surface area contributed by atoms with Gasteiger partial charge in [0.05, 0.1) is 16.8 Å². The molecule has 0 spiro atoms. The van der Waals surface area contributed by atoms with Gasteiger partial charge in [-0.25, -0.2) is 4.98 Å². The number of nitriles is 1. The van der Waals surface area contributed by atoms with Crippen molar-refractivity contribution in [1.29, 1.82) is 5.26 Å². The van der Waals surface area contributed by atoms with Gasteiger partial charge in [0.1, 0.15) is 11.1 Å². The molecule has 2 rings (SSSR count). The third-order valence-electron chi connectivity index (χ3n) is 3.70. The normalized spacial score (nSPS) is 12.0. The number of nitrogens with zero attached hydrogens (tertiary/aromatic N) is 2. The van der Waals surface area contributed by atoms with E-state index >= 15 is 0 Å². The van der Waals surface area contributed by atoms with Gasteiger partial charge in [-0.15, -0.1) is 0 Å². The van der Waals surface area contributed by atoms with Crippen LogP contribution in [0.2, 0.25) is 0 Å². The van der Waals surface area contributed by atoms with E-state index in [2.05, 4.69) is 22.4 Å². The van der Waals surface area contributed by atoms with E-state index in [1.165, 1.54) is 11.8 Å². The van der Waals surface area contributed by atoms with Crippen LogP contribution in [0.3, 0.4) is 0 Å². The van der Waals surface area contributed by atoms with Crippen LogP contribution in [0.4, 0.5) is 0 Å². The van der Waals surface area contributed by atoms with Gasteiger partial charge in [0.15, 0.2) is 0 Å². The summed E-state index contributed by atoms with van der Waals surface area (Å²) in [6.45, 7) is 8.05. The third kappa shape index (κ3) is 4.23. The van der Waals surface area contributed by atoms with E-state index in [4.69, 9.17) is 0 Å². The summed E-state index contributed by atoms with van der Waals surface area (Å²) < 4.78 is 0. The lowest BCUT2D eigenvalue weighted by atomic mass is 10.1. The second-order valence-corrected chi connectivity index (χ2v) is 6.74. The second-order valence-electron chi connectivity index (χ2n) is 5.77. The zero-order valence-electron chi connectivity index (χ0n) is 13.9. The van der Waals surface area contributed by atoms with E-state index in [1.54, 1.807) is 0 Å². The quantitative estimate of drug-likeness (QED) is 0.850. The lowest BCUT2D eigenvalue weighted by molar-refractivity contribution is -0.119. The SMILES string of the molecule is CC[C@H](C)NC(=O)CSc1nc2c(C)cc(C)cc2cc1C#N. The van der Waals surface area contributed by atoms with Gasteiger partial charge in [-0.2, -0.15) is 5.26 Å². The van der Waals surface area contributed by atoms with E-state index in [0.717, 1.165) is 28.5 Å². The highest BCUT2D eigenvalue weighted by molar-refractivity contribution is 8.00. The summed E-state index contributed by atoms with van der Waals surface area (Å²) in [5, 5.41) is 13.9. The molecule has 0 saturated heterocycles. The number of rotatable bonds is 5. The fraction of sp³-hybridized carbons (Fsp3) is 0.389. The number of hydrogen-bond donors (Lipinski definition) is 1. The minimum absolute atomic E-state index is 0.0317. The number of benzene rings is 1. The standard InChI is InChI=1S/C18H21N3OS/c1-5-13(4)20-16(22)10-23-18-15(9-19)8-14-7-11(2)6-12(3)17(14)21-18/h6-8,13H,5,10H2,1-4H3,(H,20,22)/t13-/m0/s1. The second kappa shape index (κ2) is 7.47. The number of amides is 1. The molecule has 5 heteroatoms. The first-order valence-electron chi connectivity index (χ1n) is 7.68. The topological polar surface area (TPSA) is 65.8 Å². The molecule has 1 aromatic heterocycles. The third-order valence-corrected chi connectivity index (χ3v) is 4.69. The summed E-state index contributed by atoms with van der Waals surface area (Å²) in [5.41, 5.74) is 3.63. The van der Waals surface area contributed by atoms with Crippen LogP contribution in [0, 0.1) is 25.2 Å². The predicted octanol–water partition coefficient (Wildman–Crippen LogP) is 3.73. The highest BCUT2D eigenvalue weighted by Crippen LogP contribution is 2.27. The number of pyridine rings is 1. The molecule has 2 aromatic rings. The highest BCUT2D eigenvalue weighted by Gasteiger charge is 2.12. The van der Waals surface area contributed by atoms with Gasteiger partial charge in [-0.05, 0) is 44.9 Å². The molecular formula is C18H21N3OS. The van der Waals surface area contributed by atoms with Gasteiger partial charge in [-0.1, -0.05) is 30.3 Å². The first-order valence-corrected chi connectivity index (χ1v) is 8.67. The van der Waals surface area contributed by atoms with E-state index in [9.17, 15) is 10.1 Å². The smallest absolute Gasteiger partial charge is 0.230 e. The van der Waals surface area contributed by atoms with Crippen LogP contribution < -0.4 is 5.32 Å². The molecule has 0 fully saturated rings. The fourth-order valence-corrected chi connectivity index (χ4v) is 3.14. The van der Waals surface area contributed by atoms with Crippen LogP contribution in [-0.2, 0) is 4.79 Å². The number of nitrogens with one attached hydrogen (secondary N) is 1. The van der Waals surface area contributed by atoms with Crippen molar-refractivity contribution < 1.29 is 4.79 Å². The Kier molecular flexibility index (Phi) is 5.62. The summed E-state index contributed by atoms with van der Waals surface area (Å²) in [4.78, 5) is 16.5. The average molecular weight is 327 g/mol. The maximum Gasteiger partial charge on any atom is 0.230 e. The summed E-state index contributed by atoms with van der Waals surface area (Å²) in [5.74, 6) is 0.235. The maximum atomic E-state index is 11.9. The first-order chi connectivity index (χ1) is 10.9. The number of hydrogen-bond acceptors (Lipinski definition) is 4. The Morgan fingerprint density at radius 2 is 2.13 bits per heavy atom. The molecule has 0 aliphatic rings. The summed E-state index contributed by atoms with van der Waals surface area (Å²) in [6, 6.07) is 8.31. The Bertz CT molecular complexity index is 780. The number of carbonyl (C=O) groups is 1. The van der Waals surface area contributed by atoms with Gasteiger partial charge < -0.3 is 5.32 Å². The number of thioether (sulfide) groups is 1. The van der Waals surface area contributed by atoms with E-state index in [0.29, 0.717) is 10.6 Å². The minimum atomic E-state index is -0.0317. The van der Waals surface area contributed by atoms with Crippen molar-refractivity contribution in [1.82, 2.24) is 10.3 Å². The Balaban J connectivity index is 2.26. The van der Waals surface area contributed by atoms with E-state index in [-0.39, 0.29) is 17.7 Å². The van der Waals surface area contributed by atoms with Crippen molar-refractivity contribution in [2.24, 2.45) is 0 Å². The van der Waals surface area contributed by atoms with E-state index < -0.39 is 0 Å². The monoisotopic (exact) mass is 327 g/mol. The molecule has 1 amide bonds. The van der Waals surface area contributed by atoms with Crippen LogP contribution in [0.5, 0.6) is 0 Å². The molecule has 1 heterocycles. The molecule has 0 saturated carbocycles. The van der Waals surface area contributed by atoms with Crippen molar-refractivity contribution >= 4 is 28.6 Å². The predicted molar refractivity (Wildman–Crippen MR) is 94.6 cm³/mol. The zero-order chi connectivity index (χ0) is 17.0. The van der Waals surface area contributed by atoms with Crippen molar-refractivity contribution in [3.63, 3.8) is 0 Å². The Hall–Kier alpha value is -2.06. The molecular weight excluding hydrogens is 306 g/mol. The van der Waals surface area contributed by atoms with Gasteiger partial charge in [0, 0.05) is 11.4 Å². The molecule has 1 atom stereocenters. The Labute approximate surface area is 141 Å². The number of aryl methyl sites for hydroxylation is 2. The molecule has 0 aliphatic heterocycles. The van der Waals surface area contributed by atoms with Crippen LogP contribution >= 0.6 is 11.8 Å². The molecule has 0 unspecified atom stereocenters. The molecule has 1 N–H and O–H groups in total. The molecule has 4 nitrogen and oxygen atoms in total. The van der Waals surface area contributed by atoms with Crippen LogP contribution in [-0.4, -0.2) is 22.7 Å². The lowest BCUT2D eigenvalue weighted by Gasteiger charge is -2.12. The van der Waals surface area contributed by atoms with Crippen molar-refractivity contribution in [2.45, 2.75) is 45.2 Å². The highest BCUT2D eigenvalue weighted by atomic mass is 32.2. The molecule has 1 aromatic carbocycles. The molecule has 23 heavy (non-hydrogen) atoms.